The zero-order valence-corrected chi connectivity index (χ0v) is 12.1. The second-order valence-corrected chi connectivity index (χ2v) is 4.85. The summed E-state index contributed by atoms with van der Waals surface area (Å²) in [4.78, 5) is 37.7. The topological polar surface area (TPSA) is 90.0 Å². The van der Waals surface area contributed by atoms with Crippen LogP contribution in [0.5, 0.6) is 0 Å². The van der Waals surface area contributed by atoms with Gasteiger partial charge in [0.05, 0.1) is 12.5 Å². The van der Waals surface area contributed by atoms with Crippen LogP contribution in [0.4, 0.5) is 4.79 Å². The number of likely N-dealkylation sites (N-methyl/N-ethyl adjacent to an activating group) is 1. The van der Waals surface area contributed by atoms with Gasteiger partial charge in [-0.05, 0) is 26.7 Å². The van der Waals surface area contributed by atoms with Crippen molar-refractivity contribution < 1.29 is 19.5 Å². The van der Waals surface area contributed by atoms with Crippen LogP contribution in [-0.2, 0) is 9.59 Å². The number of hydrogen-bond acceptors (Lipinski definition) is 3. The Morgan fingerprint density at radius 2 is 1.95 bits per heavy atom. The van der Waals surface area contributed by atoms with Gasteiger partial charge in [0.2, 0.25) is 5.91 Å². The van der Waals surface area contributed by atoms with Crippen LogP contribution in [-0.4, -0.2) is 65.5 Å². The molecule has 2 N–H and O–H groups in total. The molecule has 1 saturated heterocycles. The average Bonchev–Trinajstić information content (AvgIpc) is 2.46. The van der Waals surface area contributed by atoms with Crippen molar-refractivity contribution in [1.82, 2.24) is 15.1 Å². The molecule has 7 nitrogen and oxygen atoms in total. The quantitative estimate of drug-likeness (QED) is 0.763. The standard InChI is InChI=1S/C13H23N3O4/c1-3-15(4-2)11(17)8-14-13(20)16-7-5-6-10(9-16)12(18)19/h10H,3-9H2,1-2H3,(H,14,20)(H,18,19)/t10-/m0/s1. The molecule has 0 saturated carbocycles. The van der Waals surface area contributed by atoms with Crippen molar-refractivity contribution in [2.75, 3.05) is 32.7 Å². The fourth-order valence-electron chi connectivity index (χ4n) is 2.31. The molecule has 114 valence electrons. The minimum atomic E-state index is -0.873. The monoisotopic (exact) mass is 285 g/mol. The van der Waals surface area contributed by atoms with Crippen LogP contribution in [0.2, 0.25) is 0 Å². The fourth-order valence-corrected chi connectivity index (χ4v) is 2.31. The van der Waals surface area contributed by atoms with E-state index in [9.17, 15) is 14.4 Å². The van der Waals surface area contributed by atoms with Crippen molar-refractivity contribution in [3.63, 3.8) is 0 Å². The molecule has 0 spiro atoms. The van der Waals surface area contributed by atoms with Gasteiger partial charge < -0.3 is 20.2 Å². The van der Waals surface area contributed by atoms with Gasteiger partial charge in [-0.25, -0.2) is 4.79 Å². The molecule has 20 heavy (non-hydrogen) atoms. The number of nitrogens with zero attached hydrogens (tertiary/aromatic N) is 2. The second-order valence-electron chi connectivity index (χ2n) is 4.85. The minimum absolute atomic E-state index is 0.0469. The highest BCUT2D eigenvalue weighted by Crippen LogP contribution is 2.16. The molecule has 1 heterocycles. The Kier molecular flexibility index (Phi) is 6.27. The number of carbonyl (C=O) groups is 3. The van der Waals surface area contributed by atoms with Gasteiger partial charge in [-0.15, -0.1) is 0 Å². The molecule has 0 unspecified atom stereocenters. The van der Waals surface area contributed by atoms with E-state index in [0.717, 1.165) is 0 Å². The molecule has 1 aliphatic heterocycles. The Morgan fingerprint density at radius 1 is 1.30 bits per heavy atom. The van der Waals surface area contributed by atoms with Crippen molar-refractivity contribution in [3.8, 4) is 0 Å². The number of rotatable bonds is 5. The summed E-state index contributed by atoms with van der Waals surface area (Å²) >= 11 is 0. The first-order chi connectivity index (χ1) is 9.49. The van der Waals surface area contributed by atoms with Crippen molar-refractivity contribution in [3.05, 3.63) is 0 Å². The van der Waals surface area contributed by atoms with Gasteiger partial charge in [0.25, 0.3) is 0 Å². The lowest BCUT2D eigenvalue weighted by atomic mass is 9.99. The summed E-state index contributed by atoms with van der Waals surface area (Å²) in [5.74, 6) is -1.51. The highest BCUT2D eigenvalue weighted by atomic mass is 16.4. The van der Waals surface area contributed by atoms with Crippen LogP contribution in [0.1, 0.15) is 26.7 Å². The third-order valence-electron chi connectivity index (χ3n) is 3.56. The van der Waals surface area contributed by atoms with Gasteiger partial charge >= 0.3 is 12.0 Å². The molecule has 7 heteroatoms. The smallest absolute Gasteiger partial charge is 0.317 e. The minimum Gasteiger partial charge on any atom is -0.481 e. The van der Waals surface area contributed by atoms with Gasteiger partial charge in [0, 0.05) is 26.2 Å². The molecule has 0 aliphatic carbocycles. The van der Waals surface area contributed by atoms with Crippen molar-refractivity contribution in [2.45, 2.75) is 26.7 Å². The Balaban J connectivity index is 2.42. The number of hydrogen-bond donors (Lipinski definition) is 2. The van der Waals surface area contributed by atoms with Gasteiger partial charge in [-0.2, -0.15) is 0 Å². The second kappa shape index (κ2) is 7.72. The average molecular weight is 285 g/mol. The summed E-state index contributed by atoms with van der Waals surface area (Å²) in [5, 5.41) is 11.5. The predicted octanol–water partition coefficient (Wildman–Crippen LogP) is 0.361. The van der Waals surface area contributed by atoms with E-state index in [1.54, 1.807) is 4.90 Å². The molecular weight excluding hydrogens is 262 g/mol. The molecule has 1 aliphatic rings. The summed E-state index contributed by atoms with van der Waals surface area (Å²) in [7, 11) is 0. The van der Waals surface area contributed by atoms with Crippen LogP contribution in [0.15, 0.2) is 0 Å². The number of urea groups is 1. The lowest BCUT2D eigenvalue weighted by molar-refractivity contribution is -0.143. The summed E-state index contributed by atoms with van der Waals surface area (Å²) in [6, 6.07) is -0.364. The number of piperidine rings is 1. The normalized spacial score (nSPS) is 18.5. The fraction of sp³-hybridized carbons (Fsp3) is 0.769. The zero-order valence-electron chi connectivity index (χ0n) is 12.1. The first-order valence-corrected chi connectivity index (χ1v) is 7.02. The third-order valence-corrected chi connectivity index (χ3v) is 3.56. The van der Waals surface area contributed by atoms with Gasteiger partial charge in [0.15, 0.2) is 0 Å². The highest BCUT2D eigenvalue weighted by molar-refractivity contribution is 5.84. The first kappa shape index (κ1) is 16.3. The molecule has 0 aromatic rings. The Hall–Kier alpha value is -1.79. The van der Waals surface area contributed by atoms with Crippen molar-refractivity contribution in [2.24, 2.45) is 5.92 Å². The number of carbonyl (C=O) groups excluding carboxylic acids is 2. The predicted molar refractivity (Wildman–Crippen MR) is 73.3 cm³/mol. The number of amides is 3. The molecule has 0 bridgehead atoms. The van der Waals surface area contributed by atoms with Crippen LogP contribution < -0.4 is 5.32 Å². The van der Waals surface area contributed by atoms with Gasteiger partial charge in [-0.3, -0.25) is 9.59 Å². The number of carboxylic acids is 1. The summed E-state index contributed by atoms with van der Waals surface area (Å²) in [6.07, 6.45) is 1.27. The Labute approximate surface area is 118 Å². The van der Waals surface area contributed by atoms with E-state index in [0.29, 0.717) is 32.5 Å². The number of nitrogens with one attached hydrogen (secondary N) is 1. The maximum atomic E-state index is 11.9. The maximum Gasteiger partial charge on any atom is 0.317 e. The molecule has 0 aromatic carbocycles. The van der Waals surface area contributed by atoms with E-state index < -0.39 is 11.9 Å². The third kappa shape index (κ3) is 4.40. The van der Waals surface area contributed by atoms with E-state index in [1.807, 2.05) is 13.8 Å². The molecule has 0 radical (unpaired) electrons. The SMILES string of the molecule is CCN(CC)C(=O)CNC(=O)N1CCC[C@H](C(=O)O)C1. The number of aliphatic carboxylic acids is 1. The van der Waals surface area contributed by atoms with E-state index >= 15 is 0 Å². The van der Waals surface area contributed by atoms with Crippen molar-refractivity contribution in [1.29, 1.82) is 0 Å². The van der Waals surface area contributed by atoms with E-state index in [2.05, 4.69) is 5.32 Å². The molecule has 1 atom stereocenters. The Bertz CT molecular complexity index is 369. The van der Waals surface area contributed by atoms with Crippen LogP contribution >= 0.6 is 0 Å². The van der Waals surface area contributed by atoms with E-state index in [1.165, 1.54) is 4.90 Å². The molecule has 1 rings (SSSR count). The first-order valence-electron chi connectivity index (χ1n) is 7.02. The molecule has 1 fully saturated rings. The van der Waals surface area contributed by atoms with E-state index in [-0.39, 0.29) is 25.0 Å². The molecule has 0 aromatic heterocycles. The van der Waals surface area contributed by atoms with Gasteiger partial charge in [-0.1, -0.05) is 0 Å². The number of carboxylic acid groups (broad SMARTS) is 1. The van der Waals surface area contributed by atoms with E-state index in [4.69, 9.17) is 5.11 Å². The zero-order chi connectivity index (χ0) is 15.1. The highest BCUT2D eigenvalue weighted by Gasteiger charge is 2.28. The lowest BCUT2D eigenvalue weighted by Gasteiger charge is -2.31. The van der Waals surface area contributed by atoms with Crippen LogP contribution in [0.3, 0.4) is 0 Å². The number of likely N-dealkylation sites (tertiary alicyclic amines) is 1. The molecular formula is C13H23N3O4. The molecule has 3 amide bonds. The largest absolute Gasteiger partial charge is 0.481 e. The Morgan fingerprint density at radius 3 is 2.50 bits per heavy atom. The van der Waals surface area contributed by atoms with Gasteiger partial charge in [0.1, 0.15) is 0 Å². The van der Waals surface area contributed by atoms with Crippen LogP contribution in [0, 0.1) is 5.92 Å². The maximum absolute atomic E-state index is 11.9. The summed E-state index contributed by atoms with van der Waals surface area (Å²) in [6.45, 7) is 5.67. The van der Waals surface area contributed by atoms with Crippen LogP contribution in [0.25, 0.3) is 0 Å². The van der Waals surface area contributed by atoms with Crippen molar-refractivity contribution >= 4 is 17.9 Å². The summed E-state index contributed by atoms with van der Waals surface area (Å²) < 4.78 is 0. The lowest BCUT2D eigenvalue weighted by Crippen LogP contribution is -2.49. The summed E-state index contributed by atoms with van der Waals surface area (Å²) in [5.41, 5.74) is 0.